The molecule has 0 saturated carbocycles. The molecular weight excluding hydrogens is 130 g/mol. The first-order valence-electron chi connectivity index (χ1n) is 3.46. The van der Waals surface area contributed by atoms with Crippen molar-refractivity contribution in [2.45, 2.75) is 13.3 Å². The van der Waals surface area contributed by atoms with Gasteiger partial charge in [0.2, 0.25) is 5.91 Å². The monoisotopic (exact) mass is 145 g/mol. The number of rotatable bonds is 4. The molecule has 0 fully saturated rings. The highest BCUT2D eigenvalue weighted by Crippen LogP contribution is 1.87. The normalized spacial score (nSPS) is 9.50. The van der Waals surface area contributed by atoms with E-state index in [1.807, 2.05) is 6.92 Å². The van der Waals surface area contributed by atoms with Crippen LogP contribution < -0.4 is 0 Å². The molecule has 3 heteroatoms. The summed E-state index contributed by atoms with van der Waals surface area (Å²) in [5.74, 6) is 0.119. The van der Waals surface area contributed by atoms with Crippen molar-refractivity contribution in [1.82, 2.24) is 4.90 Å². The Morgan fingerprint density at radius 1 is 1.50 bits per heavy atom. The zero-order valence-electron chi connectivity index (χ0n) is 6.89. The molecule has 0 aliphatic carbocycles. The predicted octanol–water partition coefficient (Wildman–Crippen LogP) is 0.501. The zero-order valence-corrected chi connectivity index (χ0v) is 6.89. The van der Waals surface area contributed by atoms with E-state index in [0.717, 1.165) is 0 Å². The van der Waals surface area contributed by atoms with Crippen LogP contribution in [-0.4, -0.2) is 38.1 Å². The molecule has 0 saturated heterocycles. The molecule has 0 radical (unpaired) electrons. The lowest BCUT2D eigenvalue weighted by Gasteiger charge is -2.09. The minimum Gasteiger partial charge on any atom is -0.381 e. The van der Waals surface area contributed by atoms with Crippen molar-refractivity contribution >= 4 is 5.91 Å². The van der Waals surface area contributed by atoms with E-state index in [1.54, 1.807) is 19.0 Å². The van der Waals surface area contributed by atoms with Gasteiger partial charge in [-0.15, -0.1) is 0 Å². The molecule has 1 amide bonds. The molecule has 0 aromatic carbocycles. The fraction of sp³-hybridized carbons (Fsp3) is 0.857. The Labute approximate surface area is 62.0 Å². The lowest BCUT2D eigenvalue weighted by Crippen LogP contribution is -2.22. The smallest absolute Gasteiger partial charge is 0.224 e. The highest BCUT2D eigenvalue weighted by atomic mass is 16.5. The molecule has 0 aliphatic rings. The summed E-state index contributed by atoms with van der Waals surface area (Å²) in [6.07, 6.45) is 0.487. The number of carbonyl (C=O) groups excluding carboxylic acids is 1. The van der Waals surface area contributed by atoms with E-state index in [2.05, 4.69) is 0 Å². The van der Waals surface area contributed by atoms with Crippen molar-refractivity contribution in [3.05, 3.63) is 0 Å². The Morgan fingerprint density at radius 3 is 2.50 bits per heavy atom. The van der Waals surface area contributed by atoms with Crippen molar-refractivity contribution in [2.75, 3.05) is 27.3 Å². The lowest BCUT2D eigenvalue weighted by molar-refractivity contribution is -0.129. The molecule has 0 aromatic rings. The maximum atomic E-state index is 10.9. The van der Waals surface area contributed by atoms with Gasteiger partial charge in [-0.05, 0) is 6.92 Å². The van der Waals surface area contributed by atoms with Crippen LogP contribution in [0.4, 0.5) is 0 Å². The van der Waals surface area contributed by atoms with Gasteiger partial charge in [0, 0.05) is 20.7 Å². The minimum absolute atomic E-state index is 0.119. The molecular formula is C7H15NO2. The summed E-state index contributed by atoms with van der Waals surface area (Å²) in [6, 6.07) is 0. The van der Waals surface area contributed by atoms with Crippen molar-refractivity contribution in [3.8, 4) is 0 Å². The van der Waals surface area contributed by atoms with Crippen LogP contribution in [0, 0.1) is 0 Å². The molecule has 0 bridgehead atoms. The van der Waals surface area contributed by atoms with Crippen molar-refractivity contribution in [3.63, 3.8) is 0 Å². The molecule has 0 unspecified atom stereocenters. The second kappa shape index (κ2) is 5.23. The Morgan fingerprint density at radius 2 is 2.10 bits per heavy atom. The number of nitrogens with zero attached hydrogens (tertiary/aromatic N) is 1. The van der Waals surface area contributed by atoms with Crippen molar-refractivity contribution in [1.29, 1.82) is 0 Å². The van der Waals surface area contributed by atoms with Gasteiger partial charge >= 0.3 is 0 Å². The predicted molar refractivity (Wildman–Crippen MR) is 39.8 cm³/mol. The first-order chi connectivity index (χ1) is 4.68. The molecule has 0 heterocycles. The van der Waals surface area contributed by atoms with Gasteiger partial charge in [-0.25, -0.2) is 0 Å². The molecule has 10 heavy (non-hydrogen) atoms. The topological polar surface area (TPSA) is 29.5 Å². The molecule has 0 spiro atoms. The number of hydrogen-bond acceptors (Lipinski definition) is 2. The summed E-state index contributed by atoms with van der Waals surface area (Å²) in [4.78, 5) is 12.4. The number of carbonyl (C=O) groups is 1. The standard InChI is InChI=1S/C7H15NO2/c1-4-10-6-5-7(9)8(2)3/h4-6H2,1-3H3. The van der Waals surface area contributed by atoms with Crippen LogP contribution in [0.2, 0.25) is 0 Å². The van der Waals surface area contributed by atoms with Crippen LogP contribution in [0.15, 0.2) is 0 Å². The fourth-order valence-electron chi connectivity index (χ4n) is 0.527. The molecule has 0 N–H and O–H groups in total. The zero-order chi connectivity index (χ0) is 7.98. The molecule has 0 aromatic heterocycles. The summed E-state index contributed by atoms with van der Waals surface area (Å²) in [6.45, 7) is 3.13. The van der Waals surface area contributed by atoms with Gasteiger partial charge in [0.25, 0.3) is 0 Å². The fourth-order valence-corrected chi connectivity index (χ4v) is 0.527. The second-order valence-electron chi connectivity index (χ2n) is 2.24. The quantitative estimate of drug-likeness (QED) is 0.539. The van der Waals surface area contributed by atoms with Gasteiger partial charge in [0.1, 0.15) is 0 Å². The highest BCUT2D eigenvalue weighted by Gasteiger charge is 2.01. The number of ether oxygens (including phenoxy) is 1. The first kappa shape index (κ1) is 9.43. The minimum atomic E-state index is 0.119. The van der Waals surface area contributed by atoms with Gasteiger partial charge < -0.3 is 9.64 Å². The Balaban J connectivity index is 3.22. The van der Waals surface area contributed by atoms with Crippen LogP contribution in [0.3, 0.4) is 0 Å². The average Bonchev–Trinajstić information content (AvgIpc) is 1.88. The van der Waals surface area contributed by atoms with E-state index in [-0.39, 0.29) is 5.91 Å². The third-order valence-corrected chi connectivity index (χ3v) is 1.16. The van der Waals surface area contributed by atoms with Crippen molar-refractivity contribution < 1.29 is 9.53 Å². The summed E-state index contributed by atoms with van der Waals surface area (Å²) < 4.78 is 5.01. The first-order valence-corrected chi connectivity index (χ1v) is 3.46. The largest absolute Gasteiger partial charge is 0.381 e. The Kier molecular flexibility index (Phi) is 4.94. The summed E-state index contributed by atoms with van der Waals surface area (Å²) in [5, 5.41) is 0. The van der Waals surface area contributed by atoms with E-state index in [0.29, 0.717) is 19.6 Å². The van der Waals surface area contributed by atoms with Gasteiger partial charge in [-0.3, -0.25) is 4.79 Å². The molecule has 0 atom stereocenters. The van der Waals surface area contributed by atoms with Gasteiger partial charge in [-0.2, -0.15) is 0 Å². The average molecular weight is 145 g/mol. The molecule has 0 rings (SSSR count). The Bertz CT molecular complexity index is 102. The Hall–Kier alpha value is -0.570. The number of amides is 1. The summed E-state index contributed by atoms with van der Waals surface area (Å²) in [7, 11) is 3.49. The van der Waals surface area contributed by atoms with E-state index in [1.165, 1.54) is 0 Å². The van der Waals surface area contributed by atoms with E-state index < -0.39 is 0 Å². The van der Waals surface area contributed by atoms with Gasteiger partial charge in [0.05, 0.1) is 13.0 Å². The van der Waals surface area contributed by atoms with E-state index in [4.69, 9.17) is 4.74 Å². The maximum Gasteiger partial charge on any atom is 0.224 e. The summed E-state index contributed by atoms with van der Waals surface area (Å²) >= 11 is 0. The summed E-state index contributed by atoms with van der Waals surface area (Å²) in [5.41, 5.74) is 0. The van der Waals surface area contributed by atoms with Gasteiger partial charge in [0.15, 0.2) is 0 Å². The van der Waals surface area contributed by atoms with Crippen LogP contribution in [0.1, 0.15) is 13.3 Å². The van der Waals surface area contributed by atoms with Crippen LogP contribution >= 0.6 is 0 Å². The molecule has 3 nitrogen and oxygen atoms in total. The van der Waals surface area contributed by atoms with Crippen LogP contribution in [0.5, 0.6) is 0 Å². The number of hydrogen-bond donors (Lipinski definition) is 0. The third kappa shape index (κ3) is 4.32. The van der Waals surface area contributed by atoms with E-state index >= 15 is 0 Å². The highest BCUT2D eigenvalue weighted by molar-refractivity contribution is 5.75. The molecule has 60 valence electrons. The SMILES string of the molecule is CCOCCC(=O)N(C)C. The van der Waals surface area contributed by atoms with Crippen LogP contribution in [0.25, 0.3) is 0 Å². The molecule has 0 aliphatic heterocycles. The van der Waals surface area contributed by atoms with E-state index in [9.17, 15) is 4.79 Å². The van der Waals surface area contributed by atoms with Crippen LogP contribution in [-0.2, 0) is 9.53 Å². The lowest BCUT2D eigenvalue weighted by atomic mass is 10.4. The third-order valence-electron chi connectivity index (χ3n) is 1.16. The van der Waals surface area contributed by atoms with Gasteiger partial charge in [-0.1, -0.05) is 0 Å². The maximum absolute atomic E-state index is 10.9. The van der Waals surface area contributed by atoms with Crippen molar-refractivity contribution in [2.24, 2.45) is 0 Å². The second-order valence-corrected chi connectivity index (χ2v) is 2.24.